The molecule has 1 atom stereocenters. The van der Waals surface area contributed by atoms with Crippen molar-refractivity contribution in [3.63, 3.8) is 0 Å². The van der Waals surface area contributed by atoms with E-state index in [1.165, 1.54) is 29.9 Å². The second-order valence-corrected chi connectivity index (χ2v) is 8.42. The molecule has 2 saturated heterocycles. The average Bonchev–Trinajstić information content (AvgIpc) is 2.69. The lowest BCUT2D eigenvalue weighted by molar-refractivity contribution is 0.0292. The predicted molar refractivity (Wildman–Crippen MR) is 107 cm³/mol. The molecular formula is C20H32N2O3S. The summed E-state index contributed by atoms with van der Waals surface area (Å²) in [4.78, 5) is 5.18. The van der Waals surface area contributed by atoms with Gasteiger partial charge in [0.15, 0.2) is 0 Å². The molecule has 5 nitrogen and oxygen atoms in total. The van der Waals surface area contributed by atoms with Gasteiger partial charge in [0.2, 0.25) is 0 Å². The van der Waals surface area contributed by atoms with Crippen LogP contribution in [0.1, 0.15) is 24.8 Å². The molecule has 1 N–H and O–H groups in total. The Morgan fingerprint density at radius 2 is 1.77 bits per heavy atom. The fourth-order valence-electron chi connectivity index (χ4n) is 4.12. The van der Waals surface area contributed by atoms with Gasteiger partial charge in [0.1, 0.15) is 11.5 Å². The average molecular weight is 381 g/mol. The highest BCUT2D eigenvalue weighted by Crippen LogP contribution is 2.27. The lowest BCUT2D eigenvalue weighted by Gasteiger charge is -2.45. The van der Waals surface area contributed by atoms with Gasteiger partial charge >= 0.3 is 0 Å². The number of hydrogen-bond acceptors (Lipinski definition) is 6. The summed E-state index contributed by atoms with van der Waals surface area (Å²) in [6.45, 7) is 4.35. The van der Waals surface area contributed by atoms with Crippen LogP contribution in [-0.2, 0) is 6.54 Å². The topological polar surface area (TPSA) is 45.2 Å². The van der Waals surface area contributed by atoms with Gasteiger partial charge in [0.25, 0.3) is 0 Å². The highest BCUT2D eigenvalue weighted by Gasteiger charge is 2.31. The molecule has 0 radical (unpaired) electrons. The lowest BCUT2D eigenvalue weighted by Crippen LogP contribution is -2.56. The van der Waals surface area contributed by atoms with E-state index in [2.05, 4.69) is 33.7 Å². The molecule has 1 aromatic carbocycles. The maximum atomic E-state index is 9.57. The second kappa shape index (κ2) is 9.83. The SMILES string of the molecule is COc1cc(CN2CCN(C3CCSCC3)C[C@H]2CCO)cc(OC)c1. The van der Waals surface area contributed by atoms with Crippen LogP contribution in [0.3, 0.4) is 0 Å². The van der Waals surface area contributed by atoms with E-state index in [1.807, 2.05) is 6.07 Å². The first kappa shape index (κ1) is 19.8. The van der Waals surface area contributed by atoms with Crippen molar-refractivity contribution < 1.29 is 14.6 Å². The van der Waals surface area contributed by atoms with Gasteiger partial charge in [0.05, 0.1) is 14.2 Å². The van der Waals surface area contributed by atoms with E-state index in [-0.39, 0.29) is 6.61 Å². The molecule has 26 heavy (non-hydrogen) atoms. The van der Waals surface area contributed by atoms with Crippen LogP contribution in [0.4, 0.5) is 0 Å². The number of methoxy groups -OCH3 is 2. The molecule has 2 heterocycles. The molecule has 0 bridgehead atoms. The molecule has 2 aliphatic heterocycles. The molecule has 2 aliphatic rings. The molecule has 6 heteroatoms. The summed E-state index contributed by atoms with van der Waals surface area (Å²) in [6.07, 6.45) is 3.45. The van der Waals surface area contributed by atoms with Crippen molar-refractivity contribution in [3.8, 4) is 11.5 Å². The van der Waals surface area contributed by atoms with Gasteiger partial charge in [-0.25, -0.2) is 0 Å². The Labute approximate surface area is 161 Å². The molecule has 146 valence electrons. The van der Waals surface area contributed by atoms with Crippen molar-refractivity contribution in [3.05, 3.63) is 23.8 Å². The Morgan fingerprint density at radius 1 is 1.08 bits per heavy atom. The Kier molecular flexibility index (Phi) is 7.49. The lowest BCUT2D eigenvalue weighted by atomic mass is 10.0. The zero-order valence-electron chi connectivity index (χ0n) is 16.0. The third-order valence-electron chi connectivity index (χ3n) is 5.60. The number of hydrogen-bond donors (Lipinski definition) is 1. The van der Waals surface area contributed by atoms with Crippen LogP contribution >= 0.6 is 11.8 Å². The number of aliphatic hydroxyl groups excluding tert-OH is 1. The normalized spacial score (nSPS) is 23.1. The molecule has 1 aromatic rings. The fourth-order valence-corrected chi connectivity index (χ4v) is 5.20. The van der Waals surface area contributed by atoms with E-state index in [1.54, 1.807) is 14.2 Å². The van der Waals surface area contributed by atoms with Gasteiger partial charge in [-0.15, -0.1) is 0 Å². The molecule has 0 amide bonds. The molecule has 2 fully saturated rings. The van der Waals surface area contributed by atoms with Crippen LogP contribution in [0.2, 0.25) is 0 Å². The Bertz CT molecular complexity index is 544. The minimum absolute atomic E-state index is 0.247. The Morgan fingerprint density at radius 3 is 2.38 bits per heavy atom. The summed E-state index contributed by atoms with van der Waals surface area (Å²) in [5, 5.41) is 9.57. The van der Waals surface area contributed by atoms with Crippen molar-refractivity contribution in [1.82, 2.24) is 9.80 Å². The highest BCUT2D eigenvalue weighted by molar-refractivity contribution is 7.99. The minimum atomic E-state index is 0.247. The molecule has 0 aliphatic carbocycles. The summed E-state index contributed by atoms with van der Waals surface area (Å²) in [7, 11) is 3.38. The molecular weight excluding hydrogens is 348 g/mol. The smallest absolute Gasteiger partial charge is 0.122 e. The van der Waals surface area contributed by atoms with E-state index in [9.17, 15) is 5.11 Å². The maximum Gasteiger partial charge on any atom is 0.122 e. The van der Waals surface area contributed by atoms with E-state index in [0.717, 1.165) is 50.1 Å². The quantitative estimate of drug-likeness (QED) is 0.784. The van der Waals surface area contributed by atoms with Gasteiger partial charge in [-0.05, 0) is 48.5 Å². The number of aliphatic hydroxyl groups is 1. The van der Waals surface area contributed by atoms with Gasteiger partial charge in [-0.3, -0.25) is 9.80 Å². The standard InChI is InChI=1S/C20H32N2O3S/c1-24-19-11-16(12-20(13-19)25-2)14-21-6-7-22(15-18(21)3-8-23)17-4-9-26-10-5-17/h11-13,17-18,23H,3-10,14-15H2,1-2H3/t18-/m1/s1. The molecule has 3 rings (SSSR count). The number of piperazine rings is 1. The van der Waals surface area contributed by atoms with Crippen LogP contribution in [0, 0.1) is 0 Å². The maximum absolute atomic E-state index is 9.57. The summed E-state index contributed by atoms with van der Waals surface area (Å²) in [6, 6.07) is 7.22. The van der Waals surface area contributed by atoms with Crippen LogP contribution in [0.25, 0.3) is 0 Å². The van der Waals surface area contributed by atoms with Crippen molar-refractivity contribution in [2.75, 3.05) is 52.0 Å². The van der Waals surface area contributed by atoms with Crippen molar-refractivity contribution in [2.24, 2.45) is 0 Å². The zero-order valence-corrected chi connectivity index (χ0v) is 16.8. The van der Waals surface area contributed by atoms with E-state index >= 15 is 0 Å². The molecule has 0 saturated carbocycles. The van der Waals surface area contributed by atoms with Crippen molar-refractivity contribution in [1.29, 1.82) is 0 Å². The van der Waals surface area contributed by atoms with Gasteiger partial charge < -0.3 is 14.6 Å². The summed E-state index contributed by atoms with van der Waals surface area (Å²) in [5.41, 5.74) is 1.20. The van der Waals surface area contributed by atoms with Crippen LogP contribution in [-0.4, -0.2) is 79.0 Å². The number of benzene rings is 1. The van der Waals surface area contributed by atoms with Gasteiger partial charge in [0, 0.05) is 50.9 Å². The van der Waals surface area contributed by atoms with Crippen LogP contribution in [0.15, 0.2) is 18.2 Å². The third kappa shape index (κ3) is 5.06. The highest BCUT2D eigenvalue weighted by atomic mass is 32.2. The minimum Gasteiger partial charge on any atom is -0.497 e. The molecule has 0 aromatic heterocycles. The van der Waals surface area contributed by atoms with Crippen molar-refractivity contribution >= 4 is 11.8 Å². The number of nitrogens with zero attached hydrogens (tertiary/aromatic N) is 2. The Hall–Kier alpha value is -0.950. The second-order valence-electron chi connectivity index (χ2n) is 7.20. The van der Waals surface area contributed by atoms with Crippen LogP contribution in [0.5, 0.6) is 11.5 Å². The summed E-state index contributed by atoms with van der Waals surface area (Å²) < 4.78 is 10.8. The Balaban J connectivity index is 1.67. The molecule has 0 spiro atoms. The van der Waals surface area contributed by atoms with Crippen LogP contribution < -0.4 is 9.47 Å². The summed E-state index contributed by atoms with van der Waals surface area (Å²) in [5.74, 6) is 4.24. The number of rotatable bonds is 7. The largest absolute Gasteiger partial charge is 0.497 e. The first-order chi connectivity index (χ1) is 12.7. The summed E-state index contributed by atoms with van der Waals surface area (Å²) >= 11 is 2.08. The number of ether oxygens (including phenoxy) is 2. The first-order valence-electron chi connectivity index (χ1n) is 9.62. The van der Waals surface area contributed by atoms with E-state index < -0.39 is 0 Å². The fraction of sp³-hybridized carbons (Fsp3) is 0.700. The molecule has 0 unspecified atom stereocenters. The van der Waals surface area contributed by atoms with Gasteiger partial charge in [-0.1, -0.05) is 0 Å². The van der Waals surface area contributed by atoms with Gasteiger partial charge in [-0.2, -0.15) is 11.8 Å². The predicted octanol–water partition coefficient (Wildman–Crippen LogP) is 2.47. The van der Waals surface area contributed by atoms with Crippen molar-refractivity contribution in [2.45, 2.75) is 37.9 Å². The third-order valence-corrected chi connectivity index (χ3v) is 6.65. The van der Waals surface area contributed by atoms with E-state index in [4.69, 9.17) is 9.47 Å². The number of thioether (sulfide) groups is 1. The monoisotopic (exact) mass is 380 g/mol. The zero-order chi connectivity index (χ0) is 18.4. The van der Waals surface area contributed by atoms with E-state index in [0.29, 0.717) is 6.04 Å². The first-order valence-corrected chi connectivity index (χ1v) is 10.8.